The van der Waals surface area contributed by atoms with Gasteiger partial charge in [-0.05, 0) is 24.8 Å². The number of hydrogen-bond acceptors (Lipinski definition) is 5. The molecule has 7 heteroatoms. The fourth-order valence-electron chi connectivity index (χ4n) is 3.10. The smallest absolute Gasteiger partial charge is 0.233 e. The summed E-state index contributed by atoms with van der Waals surface area (Å²) in [6, 6.07) is 10.2. The van der Waals surface area contributed by atoms with Gasteiger partial charge in [0.15, 0.2) is 5.16 Å². The molecule has 2 heterocycles. The second-order valence-electron chi connectivity index (χ2n) is 6.44. The van der Waals surface area contributed by atoms with E-state index in [2.05, 4.69) is 26.9 Å². The summed E-state index contributed by atoms with van der Waals surface area (Å²) in [5.74, 6) is 1.51. The number of methoxy groups -OCH3 is 1. The fraction of sp³-hybridized carbons (Fsp3) is 0.526. The van der Waals surface area contributed by atoms with Crippen molar-refractivity contribution >= 4 is 17.7 Å². The predicted octanol–water partition coefficient (Wildman–Crippen LogP) is 2.62. The van der Waals surface area contributed by atoms with Crippen LogP contribution in [-0.2, 0) is 22.5 Å². The van der Waals surface area contributed by atoms with Crippen LogP contribution in [0.5, 0.6) is 0 Å². The van der Waals surface area contributed by atoms with Gasteiger partial charge in [-0.2, -0.15) is 0 Å². The number of thioether (sulfide) groups is 1. The first-order chi connectivity index (χ1) is 12.8. The van der Waals surface area contributed by atoms with Crippen LogP contribution >= 0.6 is 11.8 Å². The zero-order chi connectivity index (χ0) is 18.2. The van der Waals surface area contributed by atoms with Gasteiger partial charge in [-0.3, -0.25) is 4.79 Å². The number of carbonyl (C=O) groups excluding carboxylic acids is 1. The van der Waals surface area contributed by atoms with Crippen LogP contribution in [0.3, 0.4) is 0 Å². The van der Waals surface area contributed by atoms with Gasteiger partial charge in [-0.1, -0.05) is 42.1 Å². The van der Waals surface area contributed by atoms with E-state index in [0.29, 0.717) is 18.9 Å². The topological polar surface area (TPSA) is 60.2 Å². The first-order valence-electron chi connectivity index (χ1n) is 9.13. The molecule has 0 atom stereocenters. The molecule has 1 saturated heterocycles. The van der Waals surface area contributed by atoms with Crippen LogP contribution in [0, 0.1) is 0 Å². The maximum atomic E-state index is 12.4. The lowest BCUT2D eigenvalue weighted by atomic mass is 10.1. The van der Waals surface area contributed by atoms with Crippen molar-refractivity contribution in [2.45, 2.75) is 37.4 Å². The van der Waals surface area contributed by atoms with E-state index in [0.717, 1.165) is 43.3 Å². The molecule has 0 spiro atoms. The molecule has 1 aromatic heterocycles. The molecule has 140 valence electrons. The third-order valence-corrected chi connectivity index (χ3v) is 5.50. The molecule has 26 heavy (non-hydrogen) atoms. The molecular formula is C19H26N4O2S. The van der Waals surface area contributed by atoms with Crippen molar-refractivity contribution in [1.29, 1.82) is 0 Å². The summed E-state index contributed by atoms with van der Waals surface area (Å²) in [4.78, 5) is 14.4. The Morgan fingerprint density at radius 1 is 1.15 bits per heavy atom. The molecule has 1 aromatic carbocycles. The second-order valence-corrected chi connectivity index (χ2v) is 7.38. The monoisotopic (exact) mass is 374 g/mol. The molecule has 0 saturated carbocycles. The van der Waals surface area contributed by atoms with Crippen LogP contribution in [0.1, 0.15) is 30.7 Å². The summed E-state index contributed by atoms with van der Waals surface area (Å²) >= 11 is 1.47. The Balaban J connectivity index is 1.66. The van der Waals surface area contributed by atoms with E-state index in [4.69, 9.17) is 4.74 Å². The quantitative estimate of drug-likeness (QED) is 0.665. The van der Waals surface area contributed by atoms with Crippen molar-refractivity contribution in [2.24, 2.45) is 0 Å². The largest absolute Gasteiger partial charge is 0.383 e. The minimum Gasteiger partial charge on any atom is -0.383 e. The van der Waals surface area contributed by atoms with E-state index in [1.165, 1.54) is 23.7 Å². The first-order valence-corrected chi connectivity index (χ1v) is 10.1. The molecule has 6 nitrogen and oxygen atoms in total. The highest BCUT2D eigenvalue weighted by Gasteiger charge is 2.19. The highest BCUT2D eigenvalue weighted by molar-refractivity contribution is 7.99. The van der Waals surface area contributed by atoms with Crippen molar-refractivity contribution in [1.82, 2.24) is 19.7 Å². The number of carbonyl (C=O) groups is 1. The van der Waals surface area contributed by atoms with Crippen LogP contribution in [-0.4, -0.2) is 58.1 Å². The van der Waals surface area contributed by atoms with Crippen LogP contribution in [0.25, 0.3) is 0 Å². The standard InChI is InChI=1S/C19H26N4O2S/c1-25-13-12-23-17(14-16-8-4-2-5-9-16)20-21-19(23)26-15-18(24)22-10-6-3-7-11-22/h2,4-5,8-9H,3,6-7,10-15H2,1H3. The van der Waals surface area contributed by atoms with E-state index >= 15 is 0 Å². The van der Waals surface area contributed by atoms with Crippen LogP contribution in [0.15, 0.2) is 35.5 Å². The van der Waals surface area contributed by atoms with Crippen LogP contribution < -0.4 is 0 Å². The molecule has 1 aliphatic heterocycles. The van der Waals surface area contributed by atoms with E-state index < -0.39 is 0 Å². The van der Waals surface area contributed by atoms with Crippen molar-refractivity contribution in [3.63, 3.8) is 0 Å². The van der Waals surface area contributed by atoms with Crippen molar-refractivity contribution in [2.75, 3.05) is 32.6 Å². The lowest BCUT2D eigenvalue weighted by Crippen LogP contribution is -2.36. The van der Waals surface area contributed by atoms with Crippen molar-refractivity contribution in [3.8, 4) is 0 Å². The van der Waals surface area contributed by atoms with E-state index in [1.807, 2.05) is 23.1 Å². The lowest BCUT2D eigenvalue weighted by molar-refractivity contribution is -0.129. The van der Waals surface area contributed by atoms with Crippen molar-refractivity contribution in [3.05, 3.63) is 41.7 Å². The van der Waals surface area contributed by atoms with Gasteiger partial charge in [0.05, 0.1) is 12.4 Å². The van der Waals surface area contributed by atoms with Gasteiger partial charge in [0.25, 0.3) is 0 Å². The van der Waals surface area contributed by atoms with Gasteiger partial charge in [-0.15, -0.1) is 10.2 Å². The van der Waals surface area contributed by atoms with E-state index in [-0.39, 0.29) is 5.91 Å². The fourth-order valence-corrected chi connectivity index (χ4v) is 3.99. The van der Waals surface area contributed by atoms with Gasteiger partial charge in [0.2, 0.25) is 5.91 Å². The highest BCUT2D eigenvalue weighted by Crippen LogP contribution is 2.20. The lowest BCUT2D eigenvalue weighted by Gasteiger charge is -2.26. The first kappa shape index (κ1) is 18.9. The zero-order valence-corrected chi connectivity index (χ0v) is 16.1. The molecule has 0 radical (unpaired) electrons. The Hall–Kier alpha value is -1.86. The number of aromatic nitrogens is 3. The number of hydrogen-bond donors (Lipinski definition) is 0. The molecule has 2 aromatic rings. The molecule has 3 rings (SSSR count). The molecule has 0 N–H and O–H groups in total. The molecule has 0 bridgehead atoms. The zero-order valence-electron chi connectivity index (χ0n) is 15.3. The minimum absolute atomic E-state index is 0.195. The number of rotatable bonds is 8. The van der Waals surface area contributed by atoms with Crippen LogP contribution in [0.4, 0.5) is 0 Å². The Labute approximate surface area is 158 Å². The molecule has 1 fully saturated rings. The molecule has 0 unspecified atom stereocenters. The summed E-state index contributed by atoms with van der Waals surface area (Å²) < 4.78 is 7.31. The maximum Gasteiger partial charge on any atom is 0.233 e. The predicted molar refractivity (Wildman–Crippen MR) is 102 cm³/mol. The third kappa shape index (κ3) is 5.08. The number of benzene rings is 1. The van der Waals surface area contributed by atoms with Gasteiger partial charge in [0.1, 0.15) is 5.82 Å². The minimum atomic E-state index is 0.195. The number of ether oxygens (including phenoxy) is 1. The van der Waals surface area contributed by atoms with Gasteiger partial charge in [-0.25, -0.2) is 0 Å². The summed E-state index contributed by atoms with van der Waals surface area (Å²) in [6.07, 6.45) is 4.17. The summed E-state index contributed by atoms with van der Waals surface area (Å²) in [6.45, 7) is 3.05. The Bertz CT molecular complexity index is 699. The number of piperidine rings is 1. The SMILES string of the molecule is COCCn1c(Cc2ccccc2)nnc1SCC(=O)N1CCCCC1. The van der Waals surface area contributed by atoms with Crippen LogP contribution in [0.2, 0.25) is 0 Å². The average molecular weight is 375 g/mol. The molecular weight excluding hydrogens is 348 g/mol. The average Bonchev–Trinajstić information content (AvgIpc) is 3.07. The molecule has 0 aliphatic carbocycles. The van der Waals surface area contributed by atoms with E-state index in [9.17, 15) is 4.79 Å². The van der Waals surface area contributed by atoms with Gasteiger partial charge in [0, 0.05) is 33.2 Å². The Kier molecular flexibility index (Phi) is 7.08. The van der Waals surface area contributed by atoms with Crippen molar-refractivity contribution < 1.29 is 9.53 Å². The van der Waals surface area contributed by atoms with Gasteiger partial charge < -0.3 is 14.2 Å². The van der Waals surface area contributed by atoms with Gasteiger partial charge >= 0.3 is 0 Å². The number of likely N-dealkylation sites (tertiary alicyclic amines) is 1. The highest BCUT2D eigenvalue weighted by atomic mass is 32.2. The summed E-state index contributed by atoms with van der Waals surface area (Å²) in [5.41, 5.74) is 1.19. The molecule has 1 amide bonds. The summed E-state index contributed by atoms with van der Waals surface area (Å²) in [7, 11) is 1.69. The normalized spacial score (nSPS) is 14.6. The Morgan fingerprint density at radius 3 is 2.65 bits per heavy atom. The second kappa shape index (κ2) is 9.73. The number of nitrogens with zero attached hydrogens (tertiary/aromatic N) is 4. The Morgan fingerprint density at radius 2 is 1.92 bits per heavy atom. The molecule has 1 aliphatic rings. The number of amides is 1. The third-order valence-electron chi connectivity index (χ3n) is 4.55. The summed E-state index contributed by atoms with van der Waals surface area (Å²) in [5, 5.41) is 9.49. The maximum absolute atomic E-state index is 12.4. The van der Waals surface area contributed by atoms with E-state index in [1.54, 1.807) is 7.11 Å².